The lowest BCUT2D eigenvalue weighted by atomic mass is 10.1. The summed E-state index contributed by atoms with van der Waals surface area (Å²) in [5, 5.41) is 0. The van der Waals surface area contributed by atoms with Crippen LogP contribution in [-0.2, 0) is 0 Å². The summed E-state index contributed by atoms with van der Waals surface area (Å²) in [5.41, 5.74) is 2.11. The lowest BCUT2D eigenvalue weighted by Gasteiger charge is -2.03. The molecule has 3 nitrogen and oxygen atoms in total. The molecule has 3 heteroatoms. The molecule has 0 atom stereocenters. The van der Waals surface area contributed by atoms with Gasteiger partial charge in [-0.05, 0) is 48.9 Å². The normalized spacial score (nSPS) is 10.0. The molecule has 0 N–H and O–H groups in total. The lowest BCUT2D eigenvalue weighted by Crippen LogP contribution is -2.04. The van der Waals surface area contributed by atoms with Gasteiger partial charge in [0.25, 0.3) is 0 Å². The van der Waals surface area contributed by atoms with E-state index in [0.717, 1.165) is 11.3 Å². The lowest BCUT2D eigenvalue weighted by molar-refractivity contribution is 0.103. The third kappa shape index (κ3) is 2.50. The van der Waals surface area contributed by atoms with Crippen LogP contribution in [0.3, 0.4) is 0 Å². The maximum Gasteiger partial charge on any atom is 0.211 e. The highest BCUT2D eigenvalue weighted by molar-refractivity contribution is 6.07. The number of carbonyl (C=O) groups is 1. The topological polar surface area (TPSA) is 39.2 Å². The maximum absolute atomic E-state index is 12.1. The third-order valence-electron chi connectivity index (χ3n) is 2.50. The molecule has 0 radical (unpaired) electrons. The molecule has 1 aromatic carbocycles. The first kappa shape index (κ1) is 11.3. The van der Waals surface area contributed by atoms with Crippen molar-refractivity contribution in [3.63, 3.8) is 0 Å². The molecule has 0 aliphatic heterocycles. The van der Waals surface area contributed by atoms with Gasteiger partial charge < -0.3 is 4.74 Å². The minimum Gasteiger partial charge on any atom is -0.497 e. The molecule has 2 rings (SSSR count). The predicted octanol–water partition coefficient (Wildman–Crippen LogP) is 2.63. The fourth-order valence-electron chi connectivity index (χ4n) is 1.55. The number of aromatic nitrogens is 1. The number of ketones is 1. The van der Waals surface area contributed by atoms with E-state index in [1.807, 2.05) is 13.0 Å². The Morgan fingerprint density at radius 3 is 2.47 bits per heavy atom. The number of nitrogens with zero attached hydrogens (tertiary/aromatic N) is 1. The summed E-state index contributed by atoms with van der Waals surface area (Å²) in [6.45, 7) is 1.94. The molecule has 0 saturated heterocycles. The second-order valence-corrected chi connectivity index (χ2v) is 3.78. The Kier molecular flexibility index (Phi) is 3.19. The fourth-order valence-corrected chi connectivity index (χ4v) is 1.55. The second kappa shape index (κ2) is 4.78. The van der Waals surface area contributed by atoms with E-state index in [4.69, 9.17) is 4.74 Å². The molecule has 0 amide bonds. The molecule has 17 heavy (non-hydrogen) atoms. The van der Waals surface area contributed by atoms with Gasteiger partial charge in [-0.25, -0.2) is 0 Å². The Hall–Kier alpha value is -2.16. The zero-order chi connectivity index (χ0) is 12.3. The number of benzene rings is 1. The minimum atomic E-state index is -0.0728. The van der Waals surface area contributed by atoms with Crippen molar-refractivity contribution in [3.8, 4) is 5.75 Å². The van der Waals surface area contributed by atoms with E-state index in [1.165, 1.54) is 0 Å². The van der Waals surface area contributed by atoms with Crippen molar-refractivity contribution in [2.45, 2.75) is 6.92 Å². The number of aryl methyl sites for hydroxylation is 1. The number of pyridine rings is 1. The van der Waals surface area contributed by atoms with Crippen molar-refractivity contribution in [1.29, 1.82) is 0 Å². The maximum atomic E-state index is 12.1. The number of methoxy groups -OCH3 is 1. The standard InChI is InChI=1S/C14H13NO2/c1-10-7-8-15-13(9-10)14(16)11-3-5-12(17-2)6-4-11/h3-9H,1-2H3. The Morgan fingerprint density at radius 2 is 1.88 bits per heavy atom. The minimum absolute atomic E-state index is 0.0728. The average Bonchev–Trinajstić information content (AvgIpc) is 2.38. The number of rotatable bonds is 3. The van der Waals surface area contributed by atoms with E-state index < -0.39 is 0 Å². The first-order chi connectivity index (χ1) is 8.20. The summed E-state index contributed by atoms with van der Waals surface area (Å²) in [7, 11) is 1.60. The van der Waals surface area contributed by atoms with Crippen molar-refractivity contribution in [2.75, 3.05) is 7.11 Å². The monoisotopic (exact) mass is 227 g/mol. The number of ether oxygens (including phenoxy) is 1. The SMILES string of the molecule is COc1ccc(C(=O)c2cc(C)ccn2)cc1. The van der Waals surface area contributed by atoms with Crippen LogP contribution in [-0.4, -0.2) is 17.9 Å². The summed E-state index contributed by atoms with van der Waals surface area (Å²) < 4.78 is 5.05. The van der Waals surface area contributed by atoms with Crippen LogP contribution < -0.4 is 4.74 Å². The van der Waals surface area contributed by atoms with Gasteiger partial charge in [-0.1, -0.05) is 0 Å². The molecule has 2 aromatic rings. The molecular formula is C14H13NO2. The van der Waals surface area contributed by atoms with Crippen LogP contribution >= 0.6 is 0 Å². The van der Waals surface area contributed by atoms with Crippen molar-refractivity contribution < 1.29 is 9.53 Å². The van der Waals surface area contributed by atoms with Crippen molar-refractivity contribution in [2.24, 2.45) is 0 Å². The van der Waals surface area contributed by atoms with Crippen LogP contribution in [0.15, 0.2) is 42.6 Å². The number of hydrogen-bond donors (Lipinski definition) is 0. The first-order valence-electron chi connectivity index (χ1n) is 5.32. The summed E-state index contributed by atoms with van der Waals surface area (Å²) >= 11 is 0. The summed E-state index contributed by atoms with van der Waals surface area (Å²) in [4.78, 5) is 16.2. The van der Waals surface area contributed by atoms with Crippen molar-refractivity contribution in [3.05, 3.63) is 59.4 Å². The van der Waals surface area contributed by atoms with Crippen LogP contribution in [0.1, 0.15) is 21.6 Å². The van der Waals surface area contributed by atoms with Gasteiger partial charge in [-0.15, -0.1) is 0 Å². The molecule has 0 saturated carbocycles. The van der Waals surface area contributed by atoms with Gasteiger partial charge in [0, 0.05) is 11.8 Å². The molecule has 86 valence electrons. The Balaban J connectivity index is 2.30. The summed E-state index contributed by atoms with van der Waals surface area (Å²) in [6, 6.07) is 10.7. The quantitative estimate of drug-likeness (QED) is 0.757. The molecule has 0 aliphatic rings. The largest absolute Gasteiger partial charge is 0.497 e. The van der Waals surface area contributed by atoms with E-state index in [-0.39, 0.29) is 5.78 Å². The molecule has 0 bridgehead atoms. The van der Waals surface area contributed by atoms with Crippen LogP contribution in [0.5, 0.6) is 5.75 Å². The Bertz CT molecular complexity index is 532. The van der Waals surface area contributed by atoms with Crippen LogP contribution in [0.2, 0.25) is 0 Å². The van der Waals surface area contributed by atoms with E-state index in [2.05, 4.69) is 4.98 Å². The van der Waals surface area contributed by atoms with E-state index in [9.17, 15) is 4.79 Å². The van der Waals surface area contributed by atoms with Crippen molar-refractivity contribution in [1.82, 2.24) is 4.98 Å². The Morgan fingerprint density at radius 1 is 1.18 bits per heavy atom. The van der Waals surface area contributed by atoms with Crippen LogP contribution in [0.4, 0.5) is 0 Å². The molecule has 0 unspecified atom stereocenters. The van der Waals surface area contributed by atoms with E-state index >= 15 is 0 Å². The third-order valence-corrected chi connectivity index (χ3v) is 2.50. The molecule has 0 fully saturated rings. The van der Waals surface area contributed by atoms with Gasteiger partial charge in [-0.3, -0.25) is 9.78 Å². The molecular weight excluding hydrogens is 214 g/mol. The van der Waals surface area contributed by atoms with Crippen molar-refractivity contribution >= 4 is 5.78 Å². The highest BCUT2D eigenvalue weighted by atomic mass is 16.5. The number of hydrogen-bond acceptors (Lipinski definition) is 3. The molecule has 1 heterocycles. The fraction of sp³-hybridized carbons (Fsp3) is 0.143. The highest BCUT2D eigenvalue weighted by Crippen LogP contribution is 2.14. The van der Waals surface area contributed by atoms with Gasteiger partial charge in [0.15, 0.2) is 0 Å². The van der Waals surface area contributed by atoms with E-state index in [0.29, 0.717) is 11.3 Å². The zero-order valence-corrected chi connectivity index (χ0v) is 9.81. The smallest absolute Gasteiger partial charge is 0.211 e. The van der Waals surface area contributed by atoms with Crippen LogP contribution in [0.25, 0.3) is 0 Å². The second-order valence-electron chi connectivity index (χ2n) is 3.78. The zero-order valence-electron chi connectivity index (χ0n) is 9.81. The molecule has 0 spiro atoms. The predicted molar refractivity (Wildman–Crippen MR) is 65.4 cm³/mol. The average molecular weight is 227 g/mol. The first-order valence-corrected chi connectivity index (χ1v) is 5.32. The summed E-state index contributed by atoms with van der Waals surface area (Å²) in [6.07, 6.45) is 1.64. The van der Waals surface area contributed by atoms with Gasteiger partial charge in [0.2, 0.25) is 5.78 Å². The van der Waals surface area contributed by atoms with E-state index in [1.54, 1.807) is 43.6 Å². The van der Waals surface area contributed by atoms with Gasteiger partial charge in [-0.2, -0.15) is 0 Å². The summed E-state index contributed by atoms with van der Waals surface area (Å²) in [5.74, 6) is 0.662. The highest BCUT2D eigenvalue weighted by Gasteiger charge is 2.10. The van der Waals surface area contributed by atoms with Gasteiger partial charge in [0.1, 0.15) is 11.4 Å². The number of carbonyl (C=O) groups excluding carboxylic acids is 1. The van der Waals surface area contributed by atoms with Gasteiger partial charge in [0.05, 0.1) is 7.11 Å². The van der Waals surface area contributed by atoms with Crippen LogP contribution in [0, 0.1) is 6.92 Å². The molecule has 0 aliphatic carbocycles. The molecule has 1 aromatic heterocycles. The van der Waals surface area contributed by atoms with Gasteiger partial charge >= 0.3 is 0 Å². The Labute approximate surface area is 100 Å².